The number of carbonyl (C=O) groups excluding carboxylic acids is 2. The number of aromatic nitrogens is 2. The quantitative estimate of drug-likeness (QED) is 0.748. The molecular formula is C25H29N5O4. The number of nitrogens with two attached hydrogens (primary N) is 1. The van der Waals surface area contributed by atoms with Crippen LogP contribution in [0, 0.1) is 34.5 Å². The Labute approximate surface area is 197 Å². The number of ether oxygens (including phenoxy) is 1. The summed E-state index contributed by atoms with van der Waals surface area (Å²) in [7, 11) is 1.70. The van der Waals surface area contributed by atoms with E-state index in [0.29, 0.717) is 36.5 Å². The third kappa shape index (κ3) is 3.00. The summed E-state index contributed by atoms with van der Waals surface area (Å²) in [6, 6.07) is 7.21. The number of fused-ring (bicyclic) bond motifs is 1. The molecule has 0 spiro atoms. The zero-order valence-electron chi connectivity index (χ0n) is 19.3. The normalized spacial score (nSPS) is 33.9. The van der Waals surface area contributed by atoms with E-state index in [1.165, 1.54) is 0 Å². The number of hydrogen-bond donors (Lipinski definition) is 1. The molecule has 2 heterocycles. The average molecular weight is 464 g/mol. The highest BCUT2D eigenvalue weighted by Gasteiger charge is 2.59. The van der Waals surface area contributed by atoms with Gasteiger partial charge in [-0.2, -0.15) is 5.26 Å². The highest BCUT2D eigenvalue weighted by Crippen LogP contribution is 2.60. The summed E-state index contributed by atoms with van der Waals surface area (Å²) in [6.45, 7) is 0.937. The van der Waals surface area contributed by atoms with E-state index in [9.17, 15) is 19.6 Å². The van der Waals surface area contributed by atoms with Gasteiger partial charge in [0.2, 0.25) is 5.91 Å². The van der Waals surface area contributed by atoms with E-state index in [1.807, 2.05) is 0 Å². The molecule has 2 N–H and O–H groups in total. The summed E-state index contributed by atoms with van der Waals surface area (Å²) < 4.78 is 9.37. The largest absolute Gasteiger partial charge is 0.446 e. The van der Waals surface area contributed by atoms with Gasteiger partial charge in [-0.15, -0.1) is 0 Å². The number of aryl methyl sites for hydroxylation is 1. The van der Waals surface area contributed by atoms with E-state index < -0.39 is 5.41 Å². The predicted molar refractivity (Wildman–Crippen MR) is 123 cm³/mol. The minimum Gasteiger partial charge on any atom is -0.446 e. The van der Waals surface area contributed by atoms with E-state index in [2.05, 4.69) is 6.07 Å². The van der Waals surface area contributed by atoms with Crippen LogP contribution >= 0.6 is 0 Å². The van der Waals surface area contributed by atoms with Crippen molar-refractivity contribution in [2.75, 3.05) is 13.1 Å². The van der Waals surface area contributed by atoms with Crippen LogP contribution < -0.4 is 11.4 Å². The number of nitriles is 1. The number of carbonyl (C=O) groups is 2. The molecule has 0 radical (unpaired) electrons. The van der Waals surface area contributed by atoms with Crippen LogP contribution in [0.15, 0.2) is 23.0 Å². The van der Waals surface area contributed by atoms with Crippen molar-refractivity contribution in [1.82, 2.24) is 14.0 Å². The number of hydrogen-bond acceptors (Lipinski definition) is 5. The Morgan fingerprint density at radius 1 is 1.18 bits per heavy atom. The van der Waals surface area contributed by atoms with Gasteiger partial charge >= 0.3 is 11.8 Å². The van der Waals surface area contributed by atoms with Gasteiger partial charge in [-0.05, 0) is 74.5 Å². The fraction of sp³-hybridized carbons (Fsp3) is 0.600. The SMILES string of the molecule is Cn1c(=O)n([C@H]2CCN(C(=O)OC3C4CC5C[C@H]3C[C@@](C(N)=O)(C5)C4)C2)c2ccc(C#N)cc21. The summed E-state index contributed by atoms with van der Waals surface area (Å²) in [5.41, 5.74) is 7.21. The summed E-state index contributed by atoms with van der Waals surface area (Å²) in [5, 5.41) is 9.20. The van der Waals surface area contributed by atoms with Crippen LogP contribution in [-0.2, 0) is 16.6 Å². The average Bonchev–Trinajstić information content (AvgIpc) is 3.38. The zero-order chi connectivity index (χ0) is 23.8. The van der Waals surface area contributed by atoms with Crippen molar-refractivity contribution in [3.63, 3.8) is 0 Å². The molecule has 178 valence electrons. The highest BCUT2D eigenvalue weighted by molar-refractivity contribution is 5.81. The maximum Gasteiger partial charge on any atom is 0.410 e. The molecule has 34 heavy (non-hydrogen) atoms. The van der Waals surface area contributed by atoms with Crippen LogP contribution in [0.2, 0.25) is 0 Å². The molecule has 4 aliphatic carbocycles. The molecule has 3 unspecified atom stereocenters. The summed E-state index contributed by atoms with van der Waals surface area (Å²) >= 11 is 0. The van der Waals surface area contributed by atoms with Crippen molar-refractivity contribution in [3.05, 3.63) is 34.2 Å². The monoisotopic (exact) mass is 463 g/mol. The fourth-order valence-electron chi connectivity index (χ4n) is 7.57. The first-order chi connectivity index (χ1) is 16.3. The lowest BCUT2D eigenvalue weighted by atomic mass is 9.48. The van der Waals surface area contributed by atoms with E-state index in [4.69, 9.17) is 10.5 Å². The second kappa shape index (κ2) is 7.36. The van der Waals surface area contributed by atoms with Crippen molar-refractivity contribution < 1.29 is 14.3 Å². The fourth-order valence-corrected chi connectivity index (χ4v) is 7.57. The number of benzene rings is 1. The first kappa shape index (κ1) is 21.3. The van der Waals surface area contributed by atoms with Gasteiger partial charge in [0, 0.05) is 20.1 Å². The minimum absolute atomic E-state index is 0.145. The molecule has 1 aliphatic heterocycles. The van der Waals surface area contributed by atoms with Gasteiger partial charge < -0.3 is 15.4 Å². The second-order valence-corrected chi connectivity index (χ2v) is 10.9. The maximum atomic E-state index is 13.1. The predicted octanol–water partition coefficient (Wildman–Crippen LogP) is 2.28. The number of nitrogens with zero attached hydrogens (tertiary/aromatic N) is 4. The van der Waals surface area contributed by atoms with Crippen molar-refractivity contribution in [1.29, 1.82) is 5.26 Å². The molecule has 1 saturated heterocycles. The van der Waals surface area contributed by atoms with Crippen LogP contribution in [0.1, 0.15) is 50.1 Å². The molecule has 2 amide bonds. The number of rotatable bonds is 3. The topological polar surface area (TPSA) is 123 Å². The maximum absolute atomic E-state index is 13.1. The lowest BCUT2D eigenvalue weighted by Crippen LogP contribution is -2.59. The lowest BCUT2D eigenvalue weighted by Gasteiger charge is -2.58. The molecule has 1 aromatic carbocycles. The van der Waals surface area contributed by atoms with Crippen LogP contribution in [0.4, 0.5) is 4.79 Å². The smallest absolute Gasteiger partial charge is 0.410 e. The number of likely N-dealkylation sites (tertiary alicyclic amines) is 1. The van der Waals surface area contributed by atoms with Crippen molar-refractivity contribution >= 4 is 23.0 Å². The van der Waals surface area contributed by atoms with Gasteiger partial charge in [0.25, 0.3) is 0 Å². The third-order valence-electron chi connectivity index (χ3n) is 8.95. The van der Waals surface area contributed by atoms with Gasteiger partial charge in [0.1, 0.15) is 6.10 Å². The number of primary amides is 1. The first-order valence-electron chi connectivity index (χ1n) is 12.2. The molecule has 5 fully saturated rings. The van der Waals surface area contributed by atoms with Gasteiger partial charge in [0.05, 0.1) is 34.1 Å². The molecule has 9 heteroatoms. The standard InChI is InChI=1S/C25H29N5O4/c1-28-20-8-14(12-26)2-3-19(20)30(23(28)32)18-4-5-29(13-18)24(33)34-21-16-6-15-7-17(21)11-25(9-15,10-16)22(27)31/h2-3,8,15-18,21H,4-7,9-11,13H2,1H3,(H2,27,31)/t15?,16-,17?,18-,21?,25-/m0/s1. The number of imidazole rings is 1. The summed E-state index contributed by atoms with van der Waals surface area (Å²) in [6.07, 6.45) is 4.54. The second-order valence-electron chi connectivity index (χ2n) is 10.9. The van der Waals surface area contributed by atoms with Gasteiger partial charge in [-0.25, -0.2) is 9.59 Å². The molecule has 4 bridgehead atoms. The molecule has 1 aromatic heterocycles. The molecule has 5 aliphatic rings. The summed E-state index contributed by atoms with van der Waals surface area (Å²) in [4.78, 5) is 40.0. The Kier molecular flexibility index (Phi) is 4.60. The molecule has 7 rings (SSSR count). The van der Waals surface area contributed by atoms with E-state index in [1.54, 1.807) is 39.3 Å². The minimum atomic E-state index is -0.404. The van der Waals surface area contributed by atoms with Crippen LogP contribution in [0.25, 0.3) is 11.0 Å². The van der Waals surface area contributed by atoms with E-state index in [-0.39, 0.29) is 41.7 Å². The Morgan fingerprint density at radius 2 is 1.91 bits per heavy atom. The van der Waals surface area contributed by atoms with Gasteiger partial charge in [-0.3, -0.25) is 13.9 Å². The van der Waals surface area contributed by atoms with Crippen LogP contribution in [0.5, 0.6) is 0 Å². The number of amides is 2. The Hall–Kier alpha value is -3.28. The van der Waals surface area contributed by atoms with E-state index >= 15 is 0 Å². The Balaban J connectivity index is 1.18. The highest BCUT2D eigenvalue weighted by atomic mass is 16.6. The molecule has 9 nitrogen and oxygen atoms in total. The van der Waals surface area contributed by atoms with Gasteiger partial charge in [-0.1, -0.05) is 0 Å². The first-order valence-corrected chi connectivity index (χ1v) is 12.2. The lowest BCUT2D eigenvalue weighted by molar-refractivity contribution is -0.161. The van der Waals surface area contributed by atoms with Crippen molar-refractivity contribution in [3.8, 4) is 6.07 Å². The van der Waals surface area contributed by atoms with E-state index in [0.717, 1.165) is 37.6 Å². The third-order valence-corrected chi connectivity index (χ3v) is 8.95. The molecular weight excluding hydrogens is 434 g/mol. The molecule has 4 saturated carbocycles. The summed E-state index contributed by atoms with van der Waals surface area (Å²) in [5.74, 6) is 0.726. The van der Waals surface area contributed by atoms with Crippen molar-refractivity contribution in [2.45, 2.75) is 50.7 Å². The van der Waals surface area contributed by atoms with Crippen molar-refractivity contribution in [2.24, 2.45) is 36.0 Å². The van der Waals surface area contributed by atoms with Crippen LogP contribution in [0.3, 0.4) is 0 Å². The molecule has 2 aromatic rings. The van der Waals surface area contributed by atoms with Crippen LogP contribution in [-0.4, -0.2) is 45.2 Å². The molecule has 6 atom stereocenters. The van der Waals surface area contributed by atoms with Gasteiger partial charge in [0.15, 0.2) is 0 Å². The zero-order valence-corrected chi connectivity index (χ0v) is 19.3. The Morgan fingerprint density at radius 3 is 2.59 bits per heavy atom. The Bertz CT molecular complexity index is 1290.